The fraction of sp³-hybridized carbons (Fsp3) is 0.267. The van der Waals surface area contributed by atoms with Gasteiger partial charge in [-0.25, -0.2) is 14.4 Å². The van der Waals surface area contributed by atoms with Gasteiger partial charge in [0.25, 0.3) is 5.91 Å². The third kappa shape index (κ3) is 4.49. The van der Waals surface area contributed by atoms with Crippen molar-refractivity contribution in [2.24, 2.45) is 0 Å². The van der Waals surface area contributed by atoms with Gasteiger partial charge >= 0.3 is 0 Å². The maximum Gasteiger partial charge on any atom is 0.254 e. The molecule has 0 aliphatic rings. The Kier molecular flexibility index (Phi) is 5.79. The van der Waals surface area contributed by atoms with E-state index in [1.807, 2.05) is 0 Å². The van der Waals surface area contributed by atoms with Crippen molar-refractivity contribution in [2.45, 2.75) is 6.42 Å². The molecule has 2 N–H and O–H groups in total. The van der Waals surface area contributed by atoms with Crippen molar-refractivity contribution in [1.82, 2.24) is 15.3 Å². The molecule has 0 fully saturated rings. The smallest absolute Gasteiger partial charge is 0.254 e. The van der Waals surface area contributed by atoms with E-state index in [9.17, 15) is 9.18 Å². The van der Waals surface area contributed by atoms with E-state index in [4.69, 9.17) is 4.74 Å². The first-order valence-electron chi connectivity index (χ1n) is 6.81. The number of methoxy groups -OCH3 is 1. The molecule has 0 saturated carbocycles. The molecule has 0 radical (unpaired) electrons. The molecule has 0 aliphatic carbocycles. The second-order valence-corrected chi connectivity index (χ2v) is 4.50. The molecule has 116 valence electrons. The Balaban J connectivity index is 1.92. The van der Waals surface area contributed by atoms with Gasteiger partial charge in [-0.2, -0.15) is 0 Å². The molecule has 6 nitrogen and oxygen atoms in total. The lowest BCUT2D eigenvalue weighted by Gasteiger charge is -2.07. The number of ether oxygens (including phenoxy) is 1. The Morgan fingerprint density at radius 3 is 2.68 bits per heavy atom. The summed E-state index contributed by atoms with van der Waals surface area (Å²) in [6.07, 6.45) is 3.51. The van der Waals surface area contributed by atoms with Gasteiger partial charge in [-0.15, -0.1) is 0 Å². The molecule has 1 aromatic heterocycles. The maximum absolute atomic E-state index is 13.5. The lowest BCUT2D eigenvalue weighted by Crippen LogP contribution is -2.25. The summed E-state index contributed by atoms with van der Waals surface area (Å²) < 4.78 is 18.4. The molecular weight excluding hydrogens is 287 g/mol. The minimum absolute atomic E-state index is 0.223. The van der Waals surface area contributed by atoms with Crippen LogP contribution in [0.2, 0.25) is 0 Å². The molecule has 0 spiro atoms. The van der Waals surface area contributed by atoms with Crippen LogP contribution in [0, 0.1) is 5.82 Å². The molecule has 0 saturated heterocycles. The molecule has 22 heavy (non-hydrogen) atoms. The standard InChI is InChI=1S/C15H17FN4O2/c1-22-8-4-7-17-14(21)11-9-18-15(19-10-11)20-13-6-3-2-5-12(13)16/h2-3,5-6,9-10H,4,7-8H2,1H3,(H,17,21)(H,18,19,20). The highest BCUT2D eigenvalue weighted by Crippen LogP contribution is 2.16. The van der Waals surface area contributed by atoms with Gasteiger partial charge in [0.05, 0.1) is 11.3 Å². The molecule has 1 amide bonds. The van der Waals surface area contributed by atoms with Crippen molar-refractivity contribution < 1.29 is 13.9 Å². The van der Waals surface area contributed by atoms with E-state index in [1.165, 1.54) is 18.5 Å². The van der Waals surface area contributed by atoms with Gasteiger partial charge in [-0.3, -0.25) is 4.79 Å². The molecule has 0 aliphatic heterocycles. The largest absolute Gasteiger partial charge is 0.385 e. The number of carbonyl (C=O) groups is 1. The van der Waals surface area contributed by atoms with Crippen molar-refractivity contribution in [2.75, 3.05) is 25.6 Å². The van der Waals surface area contributed by atoms with Crippen LogP contribution < -0.4 is 10.6 Å². The van der Waals surface area contributed by atoms with Crippen LogP contribution in [0.3, 0.4) is 0 Å². The third-order valence-corrected chi connectivity index (χ3v) is 2.85. The SMILES string of the molecule is COCCCNC(=O)c1cnc(Nc2ccccc2F)nc1. The molecular formula is C15H17FN4O2. The summed E-state index contributed by atoms with van der Waals surface area (Å²) in [5.74, 6) is -0.430. The maximum atomic E-state index is 13.5. The zero-order valence-corrected chi connectivity index (χ0v) is 12.2. The van der Waals surface area contributed by atoms with Crippen LogP contribution in [0.4, 0.5) is 16.0 Å². The third-order valence-electron chi connectivity index (χ3n) is 2.85. The molecule has 2 aromatic rings. The van der Waals surface area contributed by atoms with Gasteiger partial charge < -0.3 is 15.4 Å². The van der Waals surface area contributed by atoms with Crippen LogP contribution in [0.1, 0.15) is 16.8 Å². The minimum Gasteiger partial charge on any atom is -0.385 e. The van der Waals surface area contributed by atoms with Crippen LogP contribution in [-0.4, -0.2) is 36.1 Å². The quantitative estimate of drug-likeness (QED) is 0.766. The molecule has 7 heteroatoms. The fourth-order valence-corrected chi connectivity index (χ4v) is 1.71. The van der Waals surface area contributed by atoms with Crippen molar-refractivity contribution in [3.63, 3.8) is 0 Å². The van der Waals surface area contributed by atoms with Crippen molar-refractivity contribution in [1.29, 1.82) is 0 Å². The molecule has 0 unspecified atom stereocenters. The Bertz CT molecular complexity index is 619. The number of carbonyl (C=O) groups excluding carboxylic acids is 1. The summed E-state index contributed by atoms with van der Waals surface area (Å²) in [4.78, 5) is 19.8. The zero-order chi connectivity index (χ0) is 15.8. The summed E-state index contributed by atoms with van der Waals surface area (Å²) in [5.41, 5.74) is 0.621. The average molecular weight is 304 g/mol. The van der Waals surface area contributed by atoms with Gasteiger partial charge in [0.2, 0.25) is 5.95 Å². The van der Waals surface area contributed by atoms with E-state index in [0.717, 1.165) is 6.42 Å². The van der Waals surface area contributed by atoms with Crippen LogP contribution in [0.25, 0.3) is 0 Å². The van der Waals surface area contributed by atoms with Gasteiger partial charge in [0.1, 0.15) is 5.82 Å². The van der Waals surface area contributed by atoms with Gasteiger partial charge in [0, 0.05) is 32.7 Å². The number of para-hydroxylation sites is 1. The van der Waals surface area contributed by atoms with Crippen LogP contribution >= 0.6 is 0 Å². The summed E-state index contributed by atoms with van der Waals surface area (Å²) in [6, 6.07) is 6.21. The van der Waals surface area contributed by atoms with E-state index >= 15 is 0 Å². The number of anilines is 2. The number of hydrogen-bond donors (Lipinski definition) is 2. The molecule has 1 heterocycles. The van der Waals surface area contributed by atoms with E-state index in [1.54, 1.807) is 25.3 Å². The minimum atomic E-state index is -0.397. The van der Waals surface area contributed by atoms with Crippen LogP contribution in [0.5, 0.6) is 0 Å². The van der Waals surface area contributed by atoms with Crippen molar-refractivity contribution in [3.8, 4) is 0 Å². The van der Waals surface area contributed by atoms with Gasteiger partial charge in [-0.1, -0.05) is 12.1 Å². The number of hydrogen-bond acceptors (Lipinski definition) is 5. The lowest BCUT2D eigenvalue weighted by molar-refractivity contribution is 0.0948. The van der Waals surface area contributed by atoms with E-state index in [-0.39, 0.29) is 17.5 Å². The summed E-state index contributed by atoms with van der Waals surface area (Å²) in [7, 11) is 1.61. The first-order valence-corrected chi connectivity index (χ1v) is 6.81. The number of amides is 1. The number of aromatic nitrogens is 2. The highest BCUT2D eigenvalue weighted by molar-refractivity contribution is 5.93. The monoisotopic (exact) mass is 304 g/mol. The lowest BCUT2D eigenvalue weighted by atomic mass is 10.3. The number of rotatable bonds is 7. The predicted molar refractivity (Wildman–Crippen MR) is 80.5 cm³/mol. The predicted octanol–water partition coefficient (Wildman–Crippen LogP) is 2.13. The Morgan fingerprint density at radius 2 is 2.00 bits per heavy atom. The number of nitrogens with zero attached hydrogens (tertiary/aromatic N) is 2. The van der Waals surface area contributed by atoms with Crippen LogP contribution in [-0.2, 0) is 4.74 Å². The molecule has 0 bridgehead atoms. The van der Waals surface area contributed by atoms with E-state index in [0.29, 0.717) is 18.7 Å². The topological polar surface area (TPSA) is 76.1 Å². The highest BCUT2D eigenvalue weighted by Gasteiger charge is 2.07. The number of benzene rings is 1. The molecule has 1 aromatic carbocycles. The first kappa shape index (κ1) is 15.8. The number of nitrogens with one attached hydrogen (secondary N) is 2. The van der Waals surface area contributed by atoms with Crippen LogP contribution in [0.15, 0.2) is 36.7 Å². The Morgan fingerprint density at radius 1 is 1.27 bits per heavy atom. The Hall–Kier alpha value is -2.54. The molecule has 2 rings (SSSR count). The normalized spacial score (nSPS) is 10.3. The summed E-state index contributed by atoms with van der Waals surface area (Å²) in [6.45, 7) is 1.10. The van der Waals surface area contributed by atoms with Gasteiger partial charge in [-0.05, 0) is 18.6 Å². The second-order valence-electron chi connectivity index (χ2n) is 4.50. The zero-order valence-electron chi connectivity index (χ0n) is 12.2. The Labute approximate surface area is 127 Å². The first-order chi connectivity index (χ1) is 10.7. The van der Waals surface area contributed by atoms with Crippen molar-refractivity contribution in [3.05, 3.63) is 48.0 Å². The average Bonchev–Trinajstić information content (AvgIpc) is 2.54. The van der Waals surface area contributed by atoms with Crippen molar-refractivity contribution >= 4 is 17.5 Å². The second kappa shape index (κ2) is 8.04. The molecule has 0 atom stereocenters. The van der Waals surface area contributed by atoms with E-state index < -0.39 is 5.82 Å². The summed E-state index contributed by atoms with van der Waals surface area (Å²) >= 11 is 0. The number of halogens is 1. The summed E-state index contributed by atoms with van der Waals surface area (Å²) in [5, 5.41) is 5.49. The van der Waals surface area contributed by atoms with Gasteiger partial charge in [0.15, 0.2) is 0 Å². The fourth-order valence-electron chi connectivity index (χ4n) is 1.71. The highest BCUT2D eigenvalue weighted by atomic mass is 19.1. The van der Waals surface area contributed by atoms with E-state index in [2.05, 4.69) is 20.6 Å².